The van der Waals surface area contributed by atoms with E-state index < -0.39 is 0 Å². The van der Waals surface area contributed by atoms with Gasteiger partial charge in [0.1, 0.15) is 5.15 Å². The van der Waals surface area contributed by atoms with E-state index >= 15 is 0 Å². The van der Waals surface area contributed by atoms with Gasteiger partial charge >= 0.3 is 0 Å². The highest BCUT2D eigenvalue weighted by atomic mass is 35.5. The minimum Gasteiger partial charge on any atom is -0.370 e. The van der Waals surface area contributed by atoms with Crippen molar-refractivity contribution in [2.75, 3.05) is 6.54 Å². The van der Waals surface area contributed by atoms with Crippen LogP contribution in [-0.2, 0) is 11.3 Å². The van der Waals surface area contributed by atoms with Crippen LogP contribution in [0.4, 0.5) is 0 Å². The summed E-state index contributed by atoms with van der Waals surface area (Å²) in [5.41, 5.74) is 5.90. The number of carbonyl (C=O) groups excluding carboxylic acids is 1. The summed E-state index contributed by atoms with van der Waals surface area (Å²) in [6, 6.07) is 3.70. The molecule has 4 nitrogen and oxygen atoms in total. The molecule has 0 aromatic carbocycles. The second-order valence-corrected chi connectivity index (χ2v) is 3.20. The number of rotatable bonds is 5. The standard InChI is InChI=1S/C9H12ClN3O/c10-9-7(2-1-4-13-9)6-12-5-3-8(11)14/h1-2,4,12H,3,5-6H2,(H2,11,14). The van der Waals surface area contributed by atoms with Crippen molar-refractivity contribution < 1.29 is 4.79 Å². The van der Waals surface area contributed by atoms with Crippen LogP contribution in [0.25, 0.3) is 0 Å². The predicted molar refractivity (Wildman–Crippen MR) is 54.8 cm³/mol. The third kappa shape index (κ3) is 3.72. The van der Waals surface area contributed by atoms with Gasteiger partial charge < -0.3 is 11.1 Å². The highest BCUT2D eigenvalue weighted by Crippen LogP contribution is 2.10. The quantitative estimate of drug-likeness (QED) is 0.559. The largest absolute Gasteiger partial charge is 0.370 e. The Morgan fingerprint density at radius 2 is 2.43 bits per heavy atom. The number of hydrogen-bond acceptors (Lipinski definition) is 3. The molecule has 0 radical (unpaired) electrons. The molecule has 0 saturated carbocycles. The Kier molecular flexibility index (Phi) is 4.35. The van der Waals surface area contributed by atoms with Crippen LogP contribution in [-0.4, -0.2) is 17.4 Å². The van der Waals surface area contributed by atoms with Gasteiger partial charge in [0.2, 0.25) is 5.91 Å². The lowest BCUT2D eigenvalue weighted by Crippen LogP contribution is -2.21. The van der Waals surface area contributed by atoms with Crippen molar-refractivity contribution in [2.24, 2.45) is 5.73 Å². The van der Waals surface area contributed by atoms with Crippen LogP contribution < -0.4 is 11.1 Å². The second-order valence-electron chi connectivity index (χ2n) is 2.85. The number of hydrogen-bond donors (Lipinski definition) is 2. The van der Waals surface area contributed by atoms with Crippen LogP contribution in [0.1, 0.15) is 12.0 Å². The molecule has 0 aliphatic heterocycles. The molecular formula is C9H12ClN3O. The summed E-state index contributed by atoms with van der Waals surface area (Å²) in [5, 5.41) is 3.53. The molecule has 5 heteroatoms. The Balaban J connectivity index is 2.31. The zero-order valence-corrected chi connectivity index (χ0v) is 8.42. The SMILES string of the molecule is NC(=O)CCNCc1cccnc1Cl. The first-order valence-electron chi connectivity index (χ1n) is 4.28. The van der Waals surface area contributed by atoms with Gasteiger partial charge in [-0.1, -0.05) is 17.7 Å². The lowest BCUT2D eigenvalue weighted by atomic mass is 10.3. The van der Waals surface area contributed by atoms with Crippen molar-refractivity contribution >= 4 is 17.5 Å². The third-order valence-corrected chi connectivity index (χ3v) is 2.04. The summed E-state index contributed by atoms with van der Waals surface area (Å²) >= 11 is 5.82. The zero-order valence-electron chi connectivity index (χ0n) is 7.66. The van der Waals surface area contributed by atoms with E-state index in [-0.39, 0.29) is 5.91 Å². The number of nitrogens with zero attached hydrogens (tertiary/aromatic N) is 1. The average Bonchev–Trinajstić information content (AvgIpc) is 2.15. The Labute approximate surface area is 87.5 Å². The maximum atomic E-state index is 10.4. The Morgan fingerprint density at radius 3 is 3.07 bits per heavy atom. The maximum Gasteiger partial charge on any atom is 0.218 e. The molecule has 1 heterocycles. The number of halogens is 1. The Bertz CT molecular complexity index is 317. The van der Waals surface area contributed by atoms with Gasteiger partial charge in [-0.2, -0.15) is 0 Å². The van der Waals surface area contributed by atoms with Crippen LogP contribution in [0.15, 0.2) is 18.3 Å². The van der Waals surface area contributed by atoms with E-state index in [9.17, 15) is 4.79 Å². The molecule has 1 amide bonds. The van der Waals surface area contributed by atoms with Gasteiger partial charge in [0.15, 0.2) is 0 Å². The van der Waals surface area contributed by atoms with Gasteiger partial charge in [-0.25, -0.2) is 4.98 Å². The summed E-state index contributed by atoms with van der Waals surface area (Å²) in [5.74, 6) is -0.310. The lowest BCUT2D eigenvalue weighted by molar-refractivity contribution is -0.117. The highest BCUT2D eigenvalue weighted by molar-refractivity contribution is 6.30. The molecule has 0 unspecified atom stereocenters. The molecule has 14 heavy (non-hydrogen) atoms. The van der Waals surface area contributed by atoms with Gasteiger partial charge in [-0.15, -0.1) is 0 Å². The first kappa shape index (κ1) is 10.9. The molecule has 0 saturated heterocycles. The summed E-state index contributed by atoms with van der Waals surface area (Å²) in [6.07, 6.45) is 1.97. The van der Waals surface area contributed by atoms with Crippen molar-refractivity contribution in [2.45, 2.75) is 13.0 Å². The first-order chi connectivity index (χ1) is 6.70. The van der Waals surface area contributed by atoms with Crippen LogP contribution in [0.3, 0.4) is 0 Å². The molecular weight excluding hydrogens is 202 g/mol. The number of nitrogens with two attached hydrogens (primary N) is 1. The number of carbonyl (C=O) groups is 1. The fourth-order valence-corrected chi connectivity index (χ4v) is 1.17. The van der Waals surface area contributed by atoms with Crippen molar-refractivity contribution in [3.05, 3.63) is 29.0 Å². The third-order valence-electron chi connectivity index (χ3n) is 1.70. The smallest absolute Gasteiger partial charge is 0.218 e. The fraction of sp³-hybridized carbons (Fsp3) is 0.333. The number of primary amides is 1. The van der Waals surface area contributed by atoms with Gasteiger partial charge in [0.25, 0.3) is 0 Å². The van der Waals surface area contributed by atoms with Gasteiger partial charge in [-0.3, -0.25) is 4.79 Å². The van der Waals surface area contributed by atoms with E-state index in [1.807, 2.05) is 12.1 Å². The minimum absolute atomic E-state index is 0.310. The van der Waals surface area contributed by atoms with Crippen LogP contribution in [0.5, 0.6) is 0 Å². The van der Waals surface area contributed by atoms with E-state index in [1.54, 1.807) is 6.20 Å². The summed E-state index contributed by atoms with van der Waals surface area (Å²) in [6.45, 7) is 1.15. The molecule has 1 aromatic rings. The van der Waals surface area contributed by atoms with Crippen molar-refractivity contribution in [3.63, 3.8) is 0 Å². The van der Waals surface area contributed by atoms with Crippen LogP contribution >= 0.6 is 11.6 Å². The van der Waals surface area contributed by atoms with E-state index in [2.05, 4.69) is 10.3 Å². The fourth-order valence-electron chi connectivity index (χ4n) is 0.986. The van der Waals surface area contributed by atoms with Crippen LogP contribution in [0, 0.1) is 0 Å². The molecule has 3 N–H and O–H groups in total. The molecule has 0 aliphatic carbocycles. The predicted octanol–water partition coefficient (Wildman–Crippen LogP) is 0.700. The van der Waals surface area contributed by atoms with E-state index in [4.69, 9.17) is 17.3 Å². The summed E-state index contributed by atoms with van der Waals surface area (Å²) < 4.78 is 0. The van der Waals surface area contributed by atoms with E-state index in [0.717, 1.165) is 5.56 Å². The normalized spacial score (nSPS) is 10.1. The Hall–Kier alpha value is -1.13. The number of aromatic nitrogens is 1. The van der Waals surface area contributed by atoms with Crippen molar-refractivity contribution in [1.82, 2.24) is 10.3 Å². The number of nitrogens with one attached hydrogen (secondary N) is 1. The monoisotopic (exact) mass is 213 g/mol. The van der Waals surface area contributed by atoms with Crippen molar-refractivity contribution in [3.8, 4) is 0 Å². The summed E-state index contributed by atoms with van der Waals surface area (Å²) in [4.78, 5) is 14.3. The number of pyridine rings is 1. The van der Waals surface area contributed by atoms with Crippen LogP contribution in [0.2, 0.25) is 5.15 Å². The average molecular weight is 214 g/mol. The summed E-state index contributed by atoms with van der Waals surface area (Å²) in [7, 11) is 0. The van der Waals surface area contributed by atoms with E-state index in [1.165, 1.54) is 0 Å². The molecule has 76 valence electrons. The molecule has 1 rings (SSSR count). The molecule has 0 bridgehead atoms. The van der Waals surface area contributed by atoms with Gasteiger partial charge in [0.05, 0.1) is 0 Å². The second kappa shape index (κ2) is 5.57. The highest BCUT2D eigenvalue weighted by Gasteiger charge is 1.99. The minimum atomic E-state index is -0.310. The molecule has 1 aromatic heterocycles. The maximum absolute atomic E-state index is 10.4. The molecule has 0 fully saturated rings. The molecule has 0 spiro atoms. The molecule has 0 atom stereocenters. The van der Waals surface area contributed by atoms with Gasteiger partial charge in [-0.05, 0) is 6.07 Å². The van der Waals surface area contributed by atoms with Gasteiger partial charge in [0, 0.05) is 31.3 Å². The topological polar surface area (TPSA) is 68.0 Å². The number of amides is 1. The van der Waals surface area contributed by atoms with Crippen molar-refractivity contribution in [1.29, 1.82) is 0 Å². The zero-order chi connectivity index (χ0) is 10.4. The first-order valence-corrected chi connectivity index (χ1v) is 4.66. The van der Waals surface area contributed by atoms with E-state index in [0.29, 0.717) is 24.7 Å². The molecule has 0 aliphatic rings. The Morgan fingerprint density at radius 1 is 1.64 bits per heavy atom. The lowest BCUT2D eigenvalue weighted by Gasteiger charge is -2.04.